The fourth-order valence-corrected chi connectivity index (χ4v) is 2.63. The lowest BCUT2D eigenvalue weighted by Gasteiger charge is -2.36. The predicted molar refractivity (Wildman–Crippen MR) is 78.4 cm³/mol. The molecule has 1 saturated heterocycles. The molecule has 0 aliphatic carbocycles. The molecule has 0 bridgehead atoms. The maximum Gasteiger partial charge on any atom is 0.219 e. The number of hydrogen-bond acceptors (Lipinski definition) is 3. The van der Waals surface area contributed by atoms with Gasteiger partial charge in [-0.15, -0.1) is 0 Å². The van der Waals surface area contributed by atoms with Gasteiger partial charge in [0.05, 0.1) is 0 Å². The van der Waals surface area contributed by atoms with Crippen molar-refractivity contribution in [3.63, 3.8) is 0 Å². The van der Waals surface area contributed by atoms with Crippen molar-refractivity contribution in [3.8, 4) is 0 Å². The van der Waals surface area contributed by atoms with Gasteiger partial charge in [-0.2, -0.15) is 0 Å². The number of benzene rings is 1. The SMILES string of the molecule is CC(=O)N1CCC(N)C(c2ccc(N(C)C)cc2)C1. The van der Waals surface area contributed by atoms with Crippen molar-refractivity contribution in [1.82, 2.24) is 4.90 Å². The quantitative estimate of drug-likeness (QED) is 0.876. The molecule has 1 aliphatic heterocycles. The standard InChI is InChI=1S/C15H23N3O/c1-11(19)18-9-8-15(16)14(10-18)12-4-6-13(7-5-12)17(2)3/h4-7,14-15H,8-10,16H2,1-3H3. The number of rotatable bonds is 2. The largest absolute Gasteiger partial charge is 0.378 e. The molecule has 19 heavy (non-hydrogen) atoms. The molecule has 1 amide bonds. The summed E-state index contributed by atoms with van der Waals surface area (Å²) in [6, 6.07) is 8.61. The van der Waals surface area contributed by atoms with Gasteiger partial charge in [-0.1, -0.05) is 12.1 Å². The number of carbonyl (C=O) groups is 1. The molecule has 2 atom stereocenters. The predicted octanol–water partition coefficient (Wildman–Crippen LogP) is 1.42. The van der Waals surface area contributed by atoms with E-state index in [0.717, 1.165) is 19.5 Å². The van der Waals surface area contributed by atoms with E-state index in [0.29, 0.717) is 0 Å². The average Bonchev–Trinajstić information content (AvgIpc) is 2.39. The lowest BCUT2D eigenvalue weighted by atomic mass is 9.86. The van der Waals surface area contributed by atoms with Gasteiger partial charge in [0.25, 0.3) is 0 Å². The zero-order valence-corrected chi connectivity index (χ0v) is 12.0. The van der Waals surface area contributed by atoms with Crippen LogP contribution in [0.1, 0.15) is 24.8 Å². The van der Waals surface area contributed by atoms with Crippen LogP contribution in [0.3, 0.4) is 0 Å². The fraction of sp³-hybridized carbons (Fsp3) is 0.533. The van der Waals surface area contributed by atoms with Crippen molar-refractivity contribution in [3.05, 3.63) is 29.8 Å². The first-order chi connectivity index (χ1) is 8.99. The highest BCUT2D eigenvalue weighted by Gasteiger charge is 2.28. The fourth-order valence-electron chi connectivity index (χ4n) is 2.63. The second-order valence-electron chi connectivity index (χ2n) is 5.51. The Morgan fingerprint density at radius 2 is 1.95 bits per heavy atom. The van der Waals surface area contributed by atoms with Crippen LogP contribution in [-0.2, 0) is 4.79 Å². The third kappa shape index (κ3) is 3.07. The molecule has 1 aromatic rings. The Morgan fingerprint density at radius 1 is 1.32 bits per heavy atom. The van der Waals surface area contributed by atoms with Crippen molar-refractivity contribution >= 4 is 11.6 Å². The Kier molecular flexibility index (Phi) is 4.10. The number of nitrogens with two attached hydrogens (primary N) is 1. The van der Waals surface area contributed by atoms with E-state index >= 15 is 0 Å². The molecule has 4 nitrogen and oxygen atoms in total. The third-order valence-corrected chi connectivity index (χ3v) is 3.95. The summed E-state index contributed by atoms with van der Waals surface area (Å²) in [7, 11) is 4.05. The van der Waals surface area contributed by atoms with Gasteiger partial charge in [0.1, 0.15) is 0 Å². The summed E-state index contributed by atoms with van der Waals surface area (Å²) >= 11 is 0. The van der Waals surface area contributed by atoms with E-state index < -0.39 is 0 Å². The molecule has 2 N–H and O–H groups in total. The summed E-state index contributed by atoms with van der Waals surface area (Å²) in [5.41, 5.74) is 8.63. The minimum atomic E-state index is 0.140. The number of hydrogen-bond donors (Lipinski definition) is 1. The summed E-state index contributed by atoms with van der Waals surface area (Å²) in [6.07, 6.45) is 0.875. The summed E-state index contributed by atoms with van der Waals surface area (Å²) < 4.78 is 0. The van der Waals surface area contributed by atoms with Crippen molar-refractivity contribution in [1.29, 1.82) is 0 Å². The van der Waals surface area contributed by atoms with Crippen LogP contribution in [0.15, 0.2) is 24.3 Å². The van der Waals surface area contributed by atoms with Crippen molar-refractivity contribution in [2.24, 2.45) is 5.73 Å². The molecule has 4 heteroatoms. The van der Waals surface area contributed by atoms with Crippen molar-refractivity contribution in [2.75, 3.05) is 32.1 Å². The molecule has 1 heterocycles. The molecule has 2 unspecified atom stereocenters. The van der Waals surface area contributed by atoms with Gasteiger partial charge < -0.3 is 15.5 Å². The van der Waals surface area contributed by atoms with Gasteiger partial charge in [-0.05, 0) is 24.1 Å². The molecule has 0 radical (unpaired) electrons. The second kappa shape index (κ2) is 5.61. The molecule has 0 saturated carbocycles. The summed E-state index contributed by atoms with van der Waals surface area (Å²) in [5.74, 6) is 0.385. The highest BCUT2D eigenvalue weighted by molar-refractivity contribution is 5.73. The Hall–Kier alpha value is -1.55. The molecular weight excluding hydrogens is 238 g/mol. The Bertz CT molecular complexity index is 441. The van der Waals surface area contributed by atoms with E-state index in [-0.39, 0.29) is 17.9 Å². The maximum atomic E-state index is 11.5. The number of amides is 1. The minimum Gasteiger partial charge on any atom is -0.378 e. The van der Waals surface area contributed by atoms with E-state index in [1.54, 1.807) is 6.92 Å². The second-order valence-corrected chi connectivity index (χ2v) is 5.51. The molecule has 2 rings (SSSR count). The van der Waals surface area contributed by atoms with Gasteiger partial charge in [0, 0.05) is 51.8 Å². The number of likely N-dealkylation sites (tertiary alicyclic amines) is 1. The third-order valence-electron chi connectivity index (χ3n) is 3.95. The maximum absolute atomic E-state index is 11.5. The molecular formula is C15H23N3O. The first-order valence-corrected chi connectivity index (χ1v) is 6.77. The van der Waals surface area contributed by atoms with Gasteiger partial charge in [0.15, 0.2) is 0 Å². The van der Waals surface area contributed by atoms with Crippen LogP contribution < -0.4 is 10.6 Å². The van der Waals surface area contributed by atoms with Crippen LogP contribution in [0.4, 0.5) is 5.69 Å². The van der Waals surface area contributed by atoms with E-state index in [4.69, 9.17) is 5.73 Å². The van der Waals surface area contributed by atoms with Crippen LogP contribution in [0.5, 0.6) is 0 Å². The van der Waals surface area contributed by atoms with Crippen LogP contribution >= 0.6 is 0 Å². The zero-order valence-electron chi connectivity index (χ0n) is 12.0. The molecule has 1 aliphatic rings. The number of carbonyl (C=O) groups excluding carboxylic acids is 1. The van der Waals surface area contributed by atoms with Crippen LogP contribution in [-0.4, -0.2) is 44.0 Å². The first kappa shape index (κ1) is 13.9. The smallest absolute Gasteiger partial charge is 0.219 e. The molecule has 1 fully saturated rings. The van der Waals surface area contributed by atoms with E-state index in [1.807, 2.05) is 19.0 Å². The van der Waals surface area contributed by atoms with Crippen LogP contribution in [0.25, 0.3) is 0 Å². The lowest BCUT2D eigenvalue weighted by Crippen LogP contribution is -2.47. The first-order valence-electron chi connectivity index (χ1n) is 6.77. The van der Waals surface area contributed by atoms with Crippen LogP contribution in [0, 0.1) is 0 Å². The number of nitrogens with zero attached hydrogens (tertiary/aromatic N) is 2. The molecule has 104 valence electrons. The van der Waals surface area contributed by atoms with Crippen LogP contribution in [0.2, 0.25) is 0 Å². The minimum absolute atomic E-state index is 0.140. The lowest BCUT2D eigenvalue weighted by molar-refractivity contribution is -0.130. The van der Waals surface area contributed by atoms with Crippen molar-refractivity contribution < 1.29 is 4.79 Å². The Balaban J connectivity index is 2.16. The Labute approximate surface area is 115 Å². The molecule has 0 spiro atoms. The summed E-state index contributed by atoms with van der Waals surface area (Å²) in [5, 5.41) is 0. The highest BCUT2D eigenvalue weighted by Crippen LogP contribution is 2.27. The monoisotopic (exact) mass is 261 g/mol. The average molecular weight is 261 g/mol. The summed E-state index contributed by atoms with van der Waals surface area (Å²) in [4.78, 5) is 15.5. The van der Waals surface area contributed by atoms with Gasteiger partial charge in [0.2, 0.25) is 5.91 Å². The van der Waals surface area contributed by atoms with Gasteiger partial charge in [-0.3, -0.25) is 4.79 Å². The highest BCUT2D eigenvalue weighted by atomic mass is 16.2. The van der Waals surface area contributed by atoms with Gasteiger partial charge in [-0.25, -0.2) is 0 Å². The topological polar surface area (TPSA) is 49.6 Å². The number of anilines is 1. The molecule has 1 aromatic carbocycles. The van der Waals surface area contributed by atoms with E-state index in [1.165, 1.54) is 11.3 Å². The number of piperidine rings is 1. The summed E-state index contributed by atoms with van der Waals surface area (Å²) in [6.45, 7) is 3.14. The normalized spacial score (nSPS) is 23.3. The van der Waals surface area contributed by atoms with E-state index in [2.05, 4.69) is 29.2 Å². The van der Waals surface area contributed by atoms with Gasteiger partial charge >= 0.3 is 0 Å². The Morgan fingerprint density at radius 3 is 2.47 bits per heavy atom. The molecule has 0 aromatic heterocycles. The van der Waals surface area contributed by atoms with E-state index in [9.17, 15) is 4.79 Å². The van der Waals surface area contributed by atoms with Crippen molar-refractivity contribution in [2.45, 2.75) is 25.3 Å². The zero-order chi connectivity index (χ0) is 14.0.